The first-order chi connectivity index (χ1) is 9.71. The SMILES string of the molecule is Cc1cc(=O)n(-c2ccccc2C(F)(F)F)nc1C(=O)Cl. The van der Waals surface area contributed by atoms with Gasteiger partial charge < -0.3 is 0 Å². The van der Waals surface area contributed by atoms with E-state index in [1.807, 2.05) is 0 Å². The van der Waals surface area contributed by atoms with E-state index in [4.69, 9.17) is 11.6 Å². The minimum atomic E-state index is -4.66. The van der Waals surface area contributed by atoms with Gasteiger partial charge >= 0.3 is 6.18 Å². The van der Waals surface area contributed by atoms with Crippen molar-refractivity contribution >= 4 is 16.8 Å². The monoisotopic (exact) mass is 316 g/mol. The summed E-state index contributed by atoms with van der Waals surface area (Å²) < 4.78 is 39.4. The van der Waals surface area contributed by atoms with Crippen LogP contribution in [0.25, 0.3) is 5.69 Å². The van der Waals surface area contributed by atoms with Crippen LogP contribution in [0.3, 0.4) is 0 Å². The van der Waals surface area contributed by atoms with Crippen molar-refractivity contribution < 1.29 is 18.0 Å². The Hall–Kier alpha value is -2.15. The number of para-hydroxylation sites is 1. The van der Waals surface area contributed by atoms with Crippen molar-refractivity contribution in [3.63, 3.8) is 0 Å². The van der Waals surface area contributed by atoms with E-state index < -0.39 is 28.2 Å². The Morgan fingerprint density at radius 1 is 1.29 bits per heavy atom. The van der Waals surface area contributed by atoms with E-state index in [0.29, 0.717) is 4.68 Å². The first-order valence-electron chi connectivity index (χ1n) is 5.69. The molecular weight excluding hydrogens is 309 g/mol. The molecule has 0 radical (unpaired) electrons. The second kappa shape index (κ2) is 5.33. The molecule has 0 N–H and O–H groups in total. The topological polar surface area (TPSA) is 52.0 Å². The summed E-state index contributed by atoms with van der Waals surface area (Å²) in [6.45, 7) is 1.42. The Balaban J connectivity index is 2.77. The summed E-state index contributed by atoms with van der Waals surface area (Å²) in [7, 11) is 0. The molecule has 0 atom stereocenters. The molecule has 0 saturated heterocycles. The zero-order valence-corrected chi connectivity index (χ0v) is 11.4. The highest BCUT2D eigenvalue weighted by Gasteiger charge is 2.34. The van der Waals surface area contributed by atoms with Crippen molar-refractivity contribution in [2.75, 3.05) is 0 Å². The predicted molar refractivity (Wildman–Crippen MR) is 69.8 cm³/mol. The number of carbonyl (C=O) groups excluding carboxylic acids is 1. The number of nitrogens with zero attached hydrogens (tertiary/aromatic N) is 2. The molecule has 1 aromatic heterocycles. The van der Waals surface area contributed by atoms with Crippen molar-refractivity contribution in [3.8, 4) is 5.69 Å². The molecule has 4 nitrogen and oxygen atoms in total. The summed E-state index contributed by atoms with van der Waals surface area (Å²) in [4.78, 5) is 23.1. The average molecular weight is 317 g/mol. The number of aryl methyl sites for hydroxylation is 1. The maximum atomic E-state index is 13.0. The second-order valence-corrected chi connectivity index (χ2v) is 4.56. The summed E-state index contributed by atoms with van der Waals surface area (Å²) in [5.41, 5.74) is -2.36. The fourth-order valence-corrected chi connectivity index (χ4v) is 1.99. The number of carbonyl (C=O) groups is 1. The number of aromatic nitrogens is 2. The highest BCUT2D eigenvalue weighted by atomic mass is 35.5. The average Bonchev–Trinajstić information content (AvgIpc) is 2.37. The molecule has 110 valence electrons. The summed E-state index contributed by atoms with van der Waals surface area (Å²) in [5.74, 6) is 0. The maximum Gasteiger partial charge on any atom is 0.418 e. The van der Waals surface area contributed by atoms with E-state index in [9.17, 15) is 22.8 Å². The Bertz CT molecular complexity index is 769. The van der Waals surface area contributed by atoms with Crippen LogP contribution in [0.4, 0.5) is 13.2 Å². The van der Waals surface area contributed by atoms with Crippen LogP contribution >= 0.6 is 11.6 Å². The summed E-state index contributed by atoms with van der Waals surface area (Å²) in [6, 6.07) is 5.45. The van der Waals surface area contributed by atoms with E-state index in [1.54, 1.807) is 0 Å². The van der Waals surface area contributed by atoms with Gasteiger partial charge in [-0.1, -0.05) is 12.1 Å². The van der Waals surface area contributed by atoms with Crippen LogP contribution in [0.5, 0.6) is 0 Å². The number of hydrogen-bond donors (Lipinski definition) is 0. The van der Waals surface area contributed by atoms with Gasteiger partial charge in [-0.3, -0.25) is 9.59 Å². The fraction of sp³-hybridized carbons (Fsp3) is 0.154. The fourth-order valence-electron chi connectivity index (χ4n) is 1.81. The predicted octanol–water partition coefficient (Wildman–Crippen LogP) is 2.94. The molecule has 21 heavy (non-hydrogen) atoms. The third-order valence-electron chi connectivity index (χ3n) is 2.75. The molecule has 1 aromatic carbocycles. The number of alkyl halides is 3. The largest absolute Gasteiger partial charge is 0.418 e. The maximum absolute atomic E-state index is 13.0. The van der Waals surface area contributed by atoms with Gasteiger partial charge in [0.1, 0.15) is 5.69 Å². The van der Waals surface area contributed by atoms with E-state index >= 15 is 0 Å². The lowest BCUT2D eigenvalue weighted by Crippen LogP contribution is -2.26. The van der Waals surface area contributed by atoms with Gasteiger partial charge in [-0.2, -0.15) is 23.0 Å². The number of halogens is 4. The van der Waals surface area contributed by atoms with E-state index in [2.05, 4.69) is 5.10 Å². The molecular formula is C13H8ClF3N2O2. The number of hydrogen-bond acceptors (Lipinski definition) is 3. The minimum absolute atomic E-state index is 0.195. The Morgan fingerprint density at radius 2 is 1.90 bits per heavy atom. The smallest absolute Gasteiger partial charge is 0.274 e. The molecule has 0 saturated carbocycles. The molecule has 0 fully saturated rings. The molecule has 0 bridgehead atoms. The van der Waals surface area contributed by atoms with E-state index in [0.717, 1.165) is 18.2 Å². The quantitative estimate of drug-likeness (QED) is 0.800. The van der Waals surface area contributed by atoms with Gasteiger partial charge in [-0.25, -0.2) is 0 Å². The number of rotatable bonds is 2. The molecule has 0 unspecified atom stereocenters. The van der Waals surface area contributed by atoms with E-state index in [-0.39, 0.29) is 11.3 Å². The molecule has 2 aromatic rings. The molecule has 8 heteroatoms. The van der Waals surface area contributed by atoms with Gasteiger partial charge in [0.2, 0.25) is 0 Å². The third-order valence-corrected chi connectivity index (χ3v) is 2.93. The normalized spacial score (nSPS) is 11.5. The van der Waals surface area contributed by atoms with Crippen molar-refractivity contribution in [1.82, 2.24) is 9.78 Å². The van der Waals surface area contributed by atoms with Gasteiger partial charge in [0, 0.05) is 6.07 Å². The van der Waals surface area contributed by atoms with Crippen LogP contribution in [0.15, 0.2) is 35.1 Å². The summed E-state index contributed by atoms with van der Waals surface area (Å²) in [6.07, 6.45) is -4.66. The Morgan fingerprint density at radius 3 is 2.48 bits per heavy atom. The van der Waals surface area contributed by atoms with Crippen LogP contribution in [-0.2, 0) is 6.18 Å². The van der Waals surface area contributed by atoms with Crippen molar-refractivity contribution in [3.05, 3.63) is 57.5 Å². The zero-order chi connectivity index (χ0) is 15.8. The molecule has 0 aliphatic rings. The first kappa shape index (κ1) is 15.2. The van der Waals surface area contributed by atoms with Crippen LogP contribution in [-0.4, -0.2) is 15.0 Å². The lowest BCUT2D eigenvalue weighted by Gasteiger charge is -2.14. The van der Waals surface area contributed by atoms with Gasteiger partial charge in [0.25, 0.3) is 10.8 Å². The first-order valence-corrected chi connectivity index (χ1v) is 6.07. The van der Waals surface area contributed by atoms with Crippen molar-refractivity contribution in [2.24, 2.45) is 0 Å². The van der Waals surface area contributed by atoms with Crippen LogP contribution < -0.4 is 5.56 Å². The molecule has 1 heterocycles. The Labute approximate surface area is 121 Å². The van der Waals surface area contributed by atoms with Crippen molar-refractivity contribution in [1.29, 1.82) is 0 Å². The van der Waals surface area contributed by atoms with Crippen LogP contribution in [0.1, 0.15) is 21.6 Å². The van der Waals surface area contributed by atoms with Gasteiger partial charge in [0.05, 0.1) is 11.3 Å². The zero-order valence-electron chi connectivity index (χ0n) is 10.6. The third kappa shape index (κ3) is 2.97. The van der Waals surface area contributed by atoms with Crippen LogP contribution in [0.2, 0.25) is 0 Å². The van der Waals surface area contributed by atoms with Gasteiger partial charge in [0.15, 0.2) is 0 Å². The highest BCUT2D eigenvalue weighted by Crippen LogP contribution is 2.33. The molecule has 0 aliphatic heterocycles. The molecule has 2 rings (SSSR count). The van der Waals surface area contributed by atoms with Gasteiger partial charge in [-0.15, -0.1) is 0 Å². The van der Waals surface area contributed by atoms with E-state index in [1.165, 1.54) is 19.1 Å². The molecule has 0 aliphatic carbocycles. The number of benzene rings is 1. The minimum Gasteiger partial charge on any atom is -0.274 e. The molecule has 0 spiro atoms. The van der Waals surface area contributed by atoms with Crippen LogP contribution in [0, 0.1) is 6.92 Å². The lowest BCUT2D eigenvalue weighted by molar-refractivity contribution is -0.137. The lowest BCUT2D eigenvalue weighted by atomic mass is 10.1. The Kier molecular flexibility index (Phi) is 3.87. The molecule has 0 amide bonds. The second-order valence-electron chi connectivity index (χ2n) is 4.21. The van der Waals surface area contributed by atoms with Crippen molar-refractivity contribution in [2.45, 2.75) is 13.1 Å². The summed E-state index contributed by atoms with van der Waals surface area (Å²) >= 11 is 5.31. The van der Waals surface area contributed by atoms with Gasteiger partial charge in [-0.05, 0) is 36.2 Å². The standard InChI is InChI=1S/C13H8ClF3N2O2/c1-7-6-10(20)19(18-11(7)12(14)21)9-5-3-2-4-8(9)13(15,16)17/h2-6H,1H3. The summed E-state index contributed by atoms with van der Waals surface area (Å²) in [5, 5.41) is 2.69. The highest BCUT2D eigenvalue weighted by molar-refractivity contribution is 6.67.